The first-order chi connectivity index (χ1) is 18.0. The Bertz CT molecular complexity index is 1290. The average molecular weight is 508 g/mol. The highest BCUT2D eigenvalue weighted by Gasteiger charge is 2.35. The molecule has 0 radical (unpaired) electrons. The molecule has 1 aromatic heterocycles. The quantitative estimate of drug-likeness (QED) is 0.220. The Morgan fingerprint density at radius 1 is 0.553 bits per heavy atom. The van der Waals surface area contributed by atoms with Crippen molar-refractivity contribution >= 4 is 0 Å². The number of benzene rings is 3. The molecule has 0 aliphatic carbocycles. The fourth-order valence-corrected chi connectivity index (χ4v) is 5.79. The standard InChI is InChI=1S/C36H47N2/c1-22(2)30-14-12-15-31(23(3)4)34(30)37-27(10)28(11)38(36(37)29-20-18-26(9)19-21-29)35-32(24(5)6)16-13-17-33(35)25(7)8/h12-25H,1-11H3/q+1. The first-order valence-electron chi connectivity index (χ1n) is 14.4. The molecule has 0 N–H and O–H groups in total. The average Bonchev–Trinajstić information content (AvgIpc) is 3.13. The topological polar surface area (TPSA) is 8.81 Å². The lowest BCUT2D eigenvalue weighted by Crippen LogP contribution is -2.38. The van der Waals surface area contributed by atoms with Gasteiger partial charge in [-0.3, -0.25) is 0 Å². The third-order valence-corrected chi connectivity index (χ3v) is 8.06. The number of aromatic nitrogens is 2. The Morgan fingerprint density at radius 2 is 0.974 bits per heavy atom. The number of hydrogen-bond acceptors (Lipinski definition) is 0. The third-order valence-electron chi connectivity index (χ3n) is 8.06. The Hall–Kier alpha value is -3.13. The molecule has 4 rings (SSSR count). The predicted molar refractivity (Wildman–Crippen MR) is 163 cm³/mol. The van der Waals surface area contributed by atoms with Crippen molar-refractivity contribution in [3.05, 3.63) is 99.9 Å². The highest BCUT2D eigenvalue weighted by molar-refractivity contribution is 5.63. The minimum Gasteiger partial charge on any atom is -0.192 e. The van der Waals surface area contributed by atoms with Gasteiger partial charge in [0.05, 0.1) is 5.56 Å². The van der Waals surface area contributed by atoms with Gasteiger partial charge >= 0.3 is 0 Å². The summed E-state index contributed by atoms with van der Waals surface area (Å²) in [5, 5.41) is 0. The van der Waals surface area contributed by atoms with E-state index in [0.29, 0.717) is 23.7 Å². The molecule has 200 valence electrons. The molecular weight excluding hydrogens is 460 g/mol. The van der Waals surface area contributed by atoms with Crippen LogP contribution < -0.4 is 4.57 Å². The van der Waals surface area contributed by atoms with E-state index in [2.05, 4.69) is 146 Å². The molecule has 0 fully saturated rings. The Morgan fingerprint density at radius 3 is 1.39 bits per heavy atom. The van der Waals surface area contributed by atoms with Crippen LogP contribution in [0.15, 0.2) is 60.7 Å². The van der Waals surface area contributed by atoms with Crippen molar-refractivity contribution in [2.24, 2.45) is 0 Å². The van der Waals surface area contributed by atoms with E-state index in [1.807, 2.05) is 0 Å². The zero-order valence-corrected chi connectivity index (χ0v) is 25.5. The molecule has 0 saturated heterocycles. The lowest BCUT2D eigenvalue weighted by molar-refractivity contribution is -0.591. The molecule has 0 unspecified atom stereocenters. The van der Waals surface area contributed by atoms with Crippen molar-refractivity contribution in [3.63, 3.8) is 0 Å². The maximum absolute atomic E-state index is 2.58. The van der Waals surface area contributed by atoms with Crippen molar-refractivity contribution < 1.29 is 4.57 Å². The van der Waals surface area contributed by atoms with E-state index in [9.17, 15) is 0 Å². The lowest BCUT2D eigenvalue weighted by Gasteiger charge is -2.20. The molecular formula is C36H47N2+. The van der Waals surface area contributed by atoms with Gasteiger partial charge in [-0.2, -0.15) is 9.13 Å². The first kappa shape index (κ1) is 27.9. The van der Waals surface area contributed by atoms with Crippen LogP contribution in [-0.4, -0.2) is 4.57 Å². The van der Waals surface area contributed by atoms with Gasteiger partial charge in [0.2, 0.25) is 0 Å². The van der Waals surface area contributed by atoms with Gasteiger partial charge in [0, 0.05) is 36.1 Å². The maximum atomic E-state index is 2.58. The van der Waals surface area contributed by atoms with E-state index < -0.39 is 0 Å². The van der Waals surface area contributed by atoms with Crippen LogP contribution in [0.3, 0.4) is 0 Å². The molecule has 0 atom stereocenters. The fraction of sp³-hybridized carbons (Fsp3) is 0.417. The summed E-state index contributed by atoms with van der Waals surface area (Å²) in [6, 6.07) is 22.9. The highest BCUT2D eigenvalue weighted by Crippen LogP contribution is 2.38. The monoisotopic (exact) mass is 507 g/mol. The molecule has 2 nitrogen and oxygen atoms in total. The second kappa shape index (κ2) is 10.9. The zero-order valence-electron chi connectivity index (χ0n) is 25.5. The minimum absolute atomic E-state index is 0.416. The van der Waals surface area contributed by atoms with E-state index in [-0.39, 0.29) is 0 Å². The van der Waals surface area contributed by atoms with Gasteiger partial charge in [0.15, 0.2) is 0 Å². The van der Waals surface area contributed by atoms with Crippen LogP contribution in [0.1, 0.15) is 118 Å². The molecule has 1 heterocycles. The van der Waals surface area contributed by atoms with Crippen LogP contribution in [0.2, 0.25) is 0 Å². The van der Waals surface area contributed by atoms with Gasteiger partial charge < -0.3 is 0 Å². The van der Waals surface area contributed by atoms with E-state index in [1.54, 1.807) is 0 Å². The molecule has 3 aromatic carbocycles. The summed E-state index contributed by atoms with van der Waals surface area (Å²) in [6.07, 6.45) is 0. The number of rotatable bonds is 7. The Balaban J connectivity index is 2.27. The van der Waals surface area contributed by atoms with Crippen LogP contribution in [0, 0.1) is 20.8 Å². The molecule has 0 saturated carbocycles. The first-order valence-corrected chi connectivity index (χ1v) is 14.4. The molecule has 0 amide bonds. The SMILES string of the molecule is Cc1ccc(-c2n(-c3c(C(C)C)cccc3C(C)C)c(C)c(C)[n+]2-c2c(C(C)C)cccc2C(C)C)cc1. The summed E-state index contributed by atoms with van der Waals surface area (Å²) < 4.78 is 5.15. The van der Waals surface area contributed by atoms with Gasteiger partial charge in [0.1, 0.15) is 22.8 Å². The van der Waals surface area contributed by atoms with E-state index in [4.69, 9.17) is 0 Å². The van der Waals surface area contributed by atoms with Crippen LogP contribution in [-0.2, 0) is 0 Å². The van der Waals surface area contributed by atoms with Gasteiger partial charge in [-0.1, -0.05) is 109 Å². The van der Waals surface area contributed by atoms with Gasteiger partial charge in [0.25, 0.3) is 5.82 Å². The zero-order chi connectivity index (χ0) is 27.9. The largest absolute Gasteiger partial charge is 0.299 e. The summed E-state index contributed by atoms with van der Waals surface area (Å²) >= 11 is 0. The third kappa shape index (κ3) is 4.86. The highest BCUT2D eigenvalue weighted by atomic mass is 15.2. The summed E-state index contributed by atoms with van der Waals surface area (Å²) in [6.45, 7) is 25.3. The van der Waals surface area contributed by atoms with Gasteiger partial charge in [-0.25, -0.2) is 0 Å². The normalized spacial score (nSPS) is 12.0. The molecule has 0 spiro atoms. The van der Waals surface area contributed by atoms with Crippen LogP contribution >= 0.6 is 0 Å². The summed E-state index contributed by atoms with van der Waals surface area (Å²) in [5.74, 6) is 2.90. The van der Waals surface area contributed by atoms with Gasteiger partial charge in [-0.05, 0) is 42.7 Å². The number of nitrogens with zero attached hydrogens (tertiary/aromatic N) is 2. The molecule has 38 heavy (non-hydrogen) atoms. The number of para-hydroxylation sites is 2. The van der Waals surface area contributed by atoms with Gasteiger partial charge in [-0.15, -0.1) is 0 Å². The number of aryl methyl sites for hydroxylation is 1. The van der Waals surface area contributed by atoms with Crippen molar-refractivity contribution in [2.75, 3.05) is 0 Å². The second-order valence-electron chi connectivity index (χ2n) is 12.2. The molecule has 4 aromatic rings. The second-order valence-corrected chi connectivity index (χ2v) is 12.2. The predicted octanol–water partition coefficient (Wildman–Crippen LogP) is 9.84. The van der Waals surface area contributed by atoms with Crippen LogP contribution in [0.4, 0.5) is 0 Å². The van der Waals surface area contributed by atoms with Crippen molar-refractivity contribution in [1.82, 2.24) is 4.57 Å². The van der Waals surface area contributed by atoms with Crippen LogP contribution in [0.25, 0.3) is 22.8 Å². The van der Waals surface area contributed by atoms with E-state index in [0.717, 1.165) is 0 Å². The van der Waals surface area contributed by atoms with Crippen molar-refractivity contribution in [3.8, 4) is 22.8 Å². The fourth-order valence-electron chi connectivity index (χ4n) is 5.79. The Kier molecular flexibility index (Phi) is 8.02. The summed E-state index contributed by atoms with van der Waals surface area (Å²) in [7, 11) is 0. The Labute approximate surface area is 231 Å². The smallest absolute Gasteiger partial charge is 0.192 e. The number of hydrogen-bond donors (Lipinski definition) is 0. The molecule has 0 bridgehead atoms. The minimum atomic E-state index is 0.416. The van der Waals surface area contributed by atoms with E-state index in [1.165, 1.54) is 62.0 Å². The number of imidazole rings is 1. The molecule has 2 heteroatoms. The lowest BCUT2D eigenvalue weighted by atomic mass is 9.92. The van der Waals surface area contributed by atoms with Crippen molar-refractivity contribution in [2.45, 2.75) is 99.8 Å². The summed E-state index contributed by atoms with van der Waals surface area (Å²) in [5.41, 5.74) is 13.4. The molecule has 0 aliphatic rings. The van der Waals surface area contributed by atoms with Crippen LogP contribution in [0.5, 0.6) is 0 Å². The maximum Gasteiger partial charge on any atom is 0.299 e. The molecule has 0 aliphatic heterocycles. The summed E-state index contributed by atoms with van der Waals surface area (Å²) in [4.78, 5) is 0. The van der Waals surface area contributed by atoms with Crippen molar-refractivity contribution in [1.29, 1.82) is 0 Å². The van der Waals surface area contributed by atoms with E-state index >= 15 is 0 Å².